The van der Waals surface area contributed by atoms with Crippen LogP contribution in [-0.2, 0) is 0 Å². The summed E-state index contributed by atoms with van der Waals surface area (Å²) in [5, 5.41) is 28.8. The largest absolute Gasteiger partial charge is 0.508 e. The lowest BCUT2D eigenvalue weighted by Gasteiger charge is -2.06. The number of H-pyrrole nitrogens is 1. The molecule has 0 saturated carbocycles. The molecule has 1 aromatic carbocycles. The van der Waals surface area contributed by atoms with Crippen molar-refractivity contribution in [3.8, 4) is 5.75 Å². The number of amides is 1. The van der Waals surface area contributed by atoms with Gasteiger partial charge in [-0.1, -0.05) is 5.16 Å². The van der Waals surface area contributed by atoms with Crippen molar-refractivity contribution in [2.24, 2.45) is 10.9 Å². The molecule has 0 bridgehead atoms. The Bertz CT molecular complexity index is 682. The maximum atomic E-state index is 13.5. The quantitative estimate of drug-likeness (QED) is 0.242. The number of benzene rings is 1. The number of hydrogen-bond donors (Lipinski definition) is 5. The molecule has 0 atom stereocenters. The fourth-order valence-corrected chi connectivity index (χ4v) is 1.50. The Labute approximate surface area is 111 Å². The second kappa shape index (κ2) is 5.26. The summed E-state index contributed by atoms with van der Waals surface area (Å²) >= 11 is 0. The molecule has 8 nitrogen and oxygen atoms in total. The normalized spacial score (nSPS) is 11.3. The minimum atomic E-state index is -0.882. The van der Waals surface area contributed by atoms with Crippen molar-refractivity contribution in [3.05, 3.63) is 41.3 Å². The van der Waals surface area contributed by atoms with Gasteiger partial charge in [-0.3, -0.25) is 9.89 Å². The summed E-state index contributed by atoms with van der Waals surface area (Å²) in [7, 11) is 0. The molecule has 2 aromatic rings. The van der Waals surface area contributed by atoms with Gasteiger partial charge in [0.15, 0.2) is 5.84 Å². The zero-order chi connectivity index (χ0) is 14.7. The number of nitrogens with one attached hydrogen (secondary N) is 2. The van der Waals surface area contributed by atoms with Crippen molar-refractivity contribution in [2.45, 2.75) is 0 Å². The topological polar surface area (TPSA) is 137 Å². The van der Waals surface area contributed by atoms with Crippen LogP contribution in [0.4, 0.5) is 10.2 Å². The summed E-state index contributed by atoms with van der Waals surface area (Å²) in [6.45, 7) is 0. The van der Waals surface area contributed by atoms with Gasteiger partial charge in [-0.2, -0.15) is 5.10 Å². The van der Waals surface area contributed by atoms with E-state index in [1.807, 2.05) is 0 Å². The highest BCUT2D eigenvalue weighted by Crippen LogP contribution is 2.17. The lowest BCUT2D eigenvalue weighted by atomic mass is 10.2. The fourth-order valence-electron chi connectivity index (χ4n) is 1.50. The molecule has 0 unspecified atom stereocenters. The van der Waals surface area contributed by atoms with E-state index in [0.717, 1.165) is 12.1 Å². The van der Waals surface area contributed by atoms with Crippen LogP contribution in [-0.4, -0.2) is 32.3 Å². The number of rotatable bonds is 3. The van der Waals surface area contributed by atoms with Crippen molar-refractivity contribution in [3.63, 3.8) is 0 Å². The minimum Gasteiger partial charge on any atom is -0.508 e. The first kappa shape index (κ1) is 13.3. The molecule has 0 aliphatic carbocycles. The summed E-state index contributed by atoms with van der Waals surface area (Å²) in [5.74, 6) is -2.16. The molecule has 0 spiro atoms. The lowest BCUT2D eigenvalue weighted by Crippen LogP contribution is -2.19. The second-order valence-corrected chi connectivity index (χ2v) is 3.76. The van der Waals surface area contributed by atoms with Crippen molar-refractivity contribution >= 4 is 17.6 Å². The van der Waals surface area contributed by atoms with E-state index in [0.29, 0.717) is 0 Å². The molecule has 0 radical (unpaired) electrons. The number of nitrogens with two attached hydrogens (primary N) is 1. The van der Waals surface area contributed by atoms with E-state index >= 15 is 0 Å². The van der Waals surface area contributed by atoms with Crippen LogP contribution in [0.3, 0.4) is 0 Å². The van der Waals surface area contributed by atoms with E-state index in [2.05, 4.69) is 20.7 Å². The third-order valence-corrected chi connectivity index (χ3v) is 2.46. The Balaban J connectivity index is 2.26. The van der Waals surface area contributed by atoms with Crippen LogP contribution in [0.2, 0.25) is 0 Å². The van der Waals surface area contributed by atoms with Gasteiger partial charge in [0.05, 0.1) is 17.3 Å². The summed E-state index contributed by atoms with van der Waals surface area (Å²) in [6.07, 6.45) is 1.23. The number of carbonyl (C=O) groups is 1. The van der Waals surface area contributed by atoms with E-state index in [9.17, 15) is 9.18 Å². The molecular formula is C11H10FN5O3. The summed E-state index contributed by atoms with van der Waals surface area (Å²) in [4.78, 5) is 11.9. The molecule has 0 fully saturated rings. The van der Waals surface area contributed by atoms with Crippen LogP contribution < -0.4 is 11.1 Å². The third kappa shape index (κ3) is 2.51. The highest BCUT2D eigenvalue weighted by atomic mass is 19.1. The van der Waals surface area contributed by atoms with Gasteiger partial charge in [-0.15, -0.1) is 0 Å². The number of halogens is 1. The first-order valence-electron chi connectivity index (χ1n) is 5.34. The Kier molecular flexibility index (Phi) is 3.51. The molecule has 1 amide bonds. The summed E-state index contributed by atoms with van der Waals surface area (Å²) in [6, 6.07) is 3.11. The van der Waals surface area contributed by atoms with Gasteiger partial charge >= 0.3 is 0 Å². The molecule has 0 aliphatic heterocycles. The highest BCUT2D eigenvalue weighted by molar-refractivity contribution is 6.09. The first-order valence-corrected chi connectivity index (χ1v) is 5.34. The van der Waals surface area contributed by atoms with Crippen LogP contribution in [0.5, 0.6) is 5.75 Å². The maximum Gasteiger partial charge on any atom is 0.259 e. The van der Waals surface area contributed by atoms with Crippen LogP contribution >= 0.6 is 0 Å². The zero-order valence-corrected chi connectivity index (χ0v) is 9.96. The van der Waals surface area contributed by atoms with Crippen LogP contribution in [0, 0.1) is 5.82 Å². The average Bonchev–Trinajstić information content (AvgIpc) is 2.85. The van der Waals surface area contributed by atoms with Gasteiger partial charge in [0.25, 0.3) is 5.91 Å². The Hall–Kier alpha value is -3.10. The second-order valence-electron chi connectivity index (χ2n) is 3.76. The molecule has 104 valence electrons. The summed E-state index contributed by atoms with van der Waals surface area (Å²) < 4.78 is 13.5. The SMILES string of the molecule is N/C(=N/O)c1cn[nH]c1NC(=O)c1ccc(O)cc1F. The van der Waals surface area contributed by atoms with Crippen molar-refractivity contribution < 1.29 is 19.5 Å². The number of carbonyl (C=O) groups excluding carboxylic acids is 1. The number of anilines is 1. The third-order valence-electron chi connectivity index (χ3n) is 2.46. The minimum absolute atomic E-state index is 0.0535. The molecule has 0 saturated heterocycles. The van der Waals surface area contributed by atoms with E-state index in [1.165, 1.54) is 12.3 Å². The lowest BCUT2D eigenvalue weighted by molar-refractivity contribution is 0.102. The van der Waals surface area contributed by atoms with Crippen LogP contribution in [0.15, 0.2) is 29.6 Å². The number of aromatic hydroxyl groups is 1. The number of phenolic OH excluding ortho intramolecular Hbond substituents is 1. The Morgan fingerprint density at radius 1 is 1.45 bits per heavy atom. The number of aromatic nitrogens is 2. The molecule has 1 aromatic heterocycles. The van der Waals surface area contributed by atoms with Gasteiger partial charge < -0.3 is 21.4 Å². The number of phenols is 1. The van der Waals surface area contributed by atoms with E-state index in [1.54, 1.807) is 0 Å². The van der Waals surface area contributed by atoms with Crippen molar-refractivity contribution in [1.82, 2.24) is 10.2 Å². The van der Waals surface area contributed by atoms with Gasteiger partial charge in [0, 0.05) is 6.07 Å². The molecule has 9 heteroatoms. The first-order chi connectivity index (χ1) is 9.52. The van der Waals surface area contributed by atoms with Gasteiger partial charge in [-0.25, -0.2) is 4.39 Å². The van der Waals surface area contributed by atoms with Crippen molar-refractivity contribution in [2.75, 3.05) is 5.32 Å². The van der Waals surface area contributed by atoms with Crippen LogP contribution in [0.25, 0.3) is 0 Å². The predicted octanol–water partition coefficient (Wildman–Crippen LogP) is 0.601. The molecule has 20 heavy (non-hydrogen) atoms. The number of nitrogens with zero attached hydrogens (tertiary/aromatic N) is 2. The smallest absolute Gasteiger partial charge is 0.259 e. The maximum absolute atomic E-state index is 13.5. The predicted molar refractivity (Wildman–Crippen MR) is 67.1 cm³/mol. The molecule has 6 N–H and O–H groups in total. The number of hydrogen-bond acceptors (Lipinski definition) is 5. The average molecular weight is 279 g/mol. The highest BCUT2D eigenvalue weighted by Gasteiger charge is 2.16. The standard InChI is InChI=1S/C11H10FN5O3/c12-8-3-5(18)1-2-6(8)11(19)15-10-7(4-14-16-10)9(13)17-20/h1-4,18,20H,(H2,13,17)(H2,14,15,16,19). The molecule has 1 heterocycles. The molecule has 0 aliphatic rings. The molecular weight excluding hydrogens is 269 g/mol. The Morgan fingerprint density at radius 2 is 2.20 bits per heavy atom. The zero-order valence-electron chi connectivity index (χ0n) is 9.96. The van der Waals surface area contributed by atoms with Crippen LogP contribution in [0.1, 0.15) is 15.9 Å². The van der Waals surface area contributed by atoms with Gasteiger partial charge in [0.1, 0.15) is 17.4 Å². The Morgan fingerprint density at radius 3 is 2.85 bits per heavy atom. The van der Waals surface area contributed by atoms with E-state index < -0.39 is 11.7 Å². The monoisotopic (exact) mass is 279 g/mol. The van der Waals surface area contributed by atoms with E-state index in [4.69, 9.17) is 16.0 Å². The number of amidine groups is 1. The number of oxime groups is 1. The van der Waals surface area contributed by atoms with Gasteiger partial charge in [-0.05, 0) is 12.1 Å². The van der Waals surface area contributed by atoms with Crippen molar-refractivity contribution in [1.29, 1.82) is 0 Å². The van der Waals surface area contributed by atoms with E-state index in [-0.39, 0.29) is 28.5 Å². The molecule has 2 rings (SSSR count). The fraction of sp³-hybridized carbons (Fsp3) is 0. The summed E-state index contributed by atoms with van der Waals surface area (Å²) in [5.41, 5.74) is 5.26. The number of aromatic amines is 1. The van der Waals surface area contributed by atoms with Gasteiger partial charge in [0.2, 0.25) is 0 Å².